The van der Waals surface area contributed by atoms with Gasteiger partial charge in [-0.25, -0.2) is 9.97 Å². The van der Waals surface area contributed by atoms with Gasteiger partial charge in [0.1, 0.15) is 5.69 Å². The van der Waals surface area contributed by atoms with Crippen molar-refractivity contribution in [3.63, 3.8) is 0 Å². The van der Waals surface area contributed by atoms with E-state index in [0.717, 1.165) is 32.7 Å². The Bertz CT molecular complexity index is 534. The lowest BCUT2D eigenvalue weighted by Gasteiger charge is -2.33. The van der Waals surface area contributed by atoms with E-state index in [-0.39, 0.29) is 5.91 Å². The number of rotatable bonds is 4. The summed E-state index contributed by atoms with van der Waals surface area (Å²) < 4.78 is 0. The van der Waals surface area contributed by atoms with Gasteiger partial charge >= 0.3 is 0 Å². The molecule has 1 saturated heterocycles. The minimum absolute atomic E-state index is 0.0251. The molecule has 0 bridgehead atoms. The van der Waals surface area contributed by atoms with Crippen molar-refractivity contribution in [3.05, 3.63) is 18.0 Å². The number of hydrogen-bond acceptors (Lipinski definition) is 5. The molecule has 1 N–H and O–H groups in total. The topological polar surface area (TPSA) is 61.4 Å². The lowest BCUT2D eigenvalue weighted by atomic mass is 10.1. The molecule has 2 aliphatic rings. The quantitative estimate of drug-likeness (QED) is 0.859. The van der Waals surface area contributed by atoms with Gasteiger partial charge in [-0.05, 0) is 25.5 Å². The highest BCUT2D eigenvalue weighted by molar-refractivity contribution is 5.92. The van der Waals surface area contributed by atoms with Crippen LogP contribution in [0.4, 0.5) is 5.95 Å². The summed E-state index contributed by atoms with van der Waals surface area (Å²) in [6.07, 6.45) is 9.20. The van der Waals surface area contributed by atoms with E-state index < -0.39 is 0 Å². The number of amides is 1. The van der Waals surface area contributed by atoms with Crippen molar-refractivity contribution in [1.29, 1.82) is 0 Å². The van der Waals surface area contributed by atoms with Gasteiger partial charge in [-0.2, -0.15) is 0 Å². The molecule has 0 unspecified atom stereocenters. The van der Waals surface area contributed by atoms with E-state index in [2.05, 4.69) is 27.1 Å². The van der Waals surface area contributed by atoms with Crippen LogP contribution in [0.3, 0.4) is 0 Å². The van der Waals surface area contributed by atoms with Crippen LogP contribution in [0.5, 0.6) is 0 Å². The molecular formula is C18H29N5O. The maximum absolute atomic E-state index is 12.7. The van der Waals surface area contributed by atoms with Crippen molar-refractivity contribution in [1.82, 2.24) is 19.8 Å². The highest BCUT2D eigenvalue weighted by Gasteiger charge is 2.23. The first-order chi connectivity index (χ1) is 11.8. The second-order valence-electron chi connectivity index (χ2n) is 6.82. The van der Waals surface area contributed by atoms with Gasteiger partial charge in [0.25, 0.3) is 5.91 Å². The van der Waals surface area contributed by atoms with E-state index in [1.165, 1.54) is 38.5 Å². The molecule has 2 fully saturated rings. The van der Waals surface area contributed by atoms with E-state index in [1.807, 2.05) is 4.90 Å². The summed E-state index contributed by atoms with van der Waals surface area (Å²) in [6, 6.07) is 2.17. The Morgan fingerprint density at radius 3 is 2.54 bits per heavy atom. The number of hydrogen-bond donors (Lipinski definition) is 1. The normalized spacial score (nSPS) is 20.6. The summed E-state index contributed by atoms with van der Waals surface area (Å²) in [5, 5.41) is 3.43. The third-order valence-corrected chi connectivity index (χ3v) is 5.17. The van der Waals surface area contributed by atoms with E-state index in [9.17, 15) is 4.79 Å². The lowest BCUT2D eigenvalue weighted by molar-refractivity contribution is 0.0637. The molecule has 1 aromatic rings. The van der Waals surface area contributed by atoms with Gasteiger partial charge in [0.15, 0.2) is 0 Å². The van der Waals surface area contributed by atoms with Crippen LogP contribution in [0.25, 0.3) is 0 Å². The molecule has 3 rings (SSSR count). The van der Waals surface area contributed by atoms with Gasteiger partial charge in [-0.3, -0.25) is 4.79 Å². The Balaban J connectivity index is 1.61. The molecule has 1 amide bonds. The Morgan fingerprint density at radius 2 is 1.88 bits per heavy atom. The van der Waals surface area contributed by atoms with Crippen LogP contribution < -0.4 is 5.32 Å². The maximum Gasteiger partial charge on any atom is 0.272 e. The Hall–Kier alpha value is -1.69. The average Bonchev–Trinajstić information content (AvgIpc) is 2.90. The average molecular weight is 331 g/mol. The smallest absolute Gasteiger partial charge is 0.272 e. The van der Waals surface area contributed by atoms with Crippen LogP contribution in [-0.2, 0) is 0 Å². The molecule has 0 spiro atoms. The summed E-state index contributed by atoms with van der Waals surface area (Å²) in [7, 11) is 0. The molecule has 1 aliphatic heterocycles. The van der Waals surface area contributed by atoms with Crippen molar-refractivity contribution < 1.29 is 4.79 Å². The first-order valence-electron chi connectivity index (χ1n) is 9.37. The largest absolute Gasteiger partial charge is 0.351 e. The molecule has 1 saturated carbocycles. The van der Waals surface area contributed by atoms with Crippen molar-refractivity contribution in [3.8, 4) is 0 Å². The monoisotopic (exact) mass is 331 g/mol. The van der Waals surface area contributed by atoms with E-state index in [0.29, 0.717) is 17.7 Å². The van der Waals surface area contributed by atoms with Crippen LogP contribution in [0, 0.1) is 0 Å². The SMILES string of the molecule is CCN1CCN(C(=O)c2ccnc(NC3CCCCCC3)n2)CC1. The zero-order valence-electron chi connectivity index (χ0n) is 14.7. The molecule has 0 radical (unpaired) electrons. The maximum atomic E-state index is 12.7. The van der Waals surface area contributed by atoms with Crippen molar-refractivity contribution in [2.45, 2.75) is 51.5 Å². The van der Waals surface area contributed by atoms with Gasteiger partial charge < -0.3 is 15.1 Å². The standard InChI is InChI=1S/C18H29N5O/c1-2-22-11-13-23(14-12-22)17(24)16-9-10-19-18(21-16)20-15-7-5-3-4-6-8-15/h9-10,15H,2-8,11-14H2,1H3,(H,19,20,21). The second kappa shape index (κ2) is 8.42. The number of carbonyl (C=O) groups is 1. The number of carbonyl (C=O) groups excluding carboxylic acids is 1. The van der Waals surface area contributed by atoms with Crippen LogP contribution in [0.1, 0.15) is 55.9 Å². The van der Waals surface area contributed by atoms with Gasteiger partial charge in [0.2, 0.25) is 5.95 Å². The number of aromatic nitrogens is 2. The molecule has 1 aliphatic carbocycles. The van der Waals surface area contributed by atoms with E-state index in [4.69, 9.17) is 0 Å². The first-order valence-corrected chi connectivity index (χ1v) is 9.37. The number of nitrogens with zero attached hydrogens (tertiary/aromatic N) is 4. The van der Waals surface area contributed by atoms with Crippen LogP contribution >= 0.6 is 0 Å². The summed E-state index contributed by atoms with van der Waals surface area (Å²) in [5.41, 5.74) is 0.506. The molecule has 0 aromatic carbocycles. The van der Waals surface area contributed by atoms with Crippen LogP contribution in [-0.4, -0.2) is 64.4 Å². The zero-order chi connectivity index (χ0) is 16.8. The molecule has 6 nitrogen and oxygen atoms in total. The molecule has 132 valence electrons. The molecule has 2 heterocycles. The number of nitrogens with one attached hydrogen (secondary N) is 1. The van der Waals surface area contributed by atoms with Gasteiger partial charge in [-0.15, -0.1) is 0 Å². The third kappa shape index (κ3) is 4.44. The van der Waals surface area contributed by atoms with E-state index >= 15 is 0 Å². The molecule has 24 heavy (non-hydrogen) atoms. The van der Waals surface area contributed by atoms with E-state index in [1.54, 1.807) is 12.3 Å². The summed E-state index contributed by atoms with van der Waals surface area (Å²) in [6.45, 7) is 6.66. The summed E-state index contributed by atoms with van der Waals surface area (Å²) >= 11 is 0. The Kier molecular flexibility index (Phi) is 6.01. The fourth-order valence-corrected chi connectivity index (χ4v) is 3.58. The molecule has 1 aromatic heterocycles. The van der Waals surface area contributed by atoms with Gasteiger partial charge in [-0.1, -0.05) is 32.6 Å². The third-order valence-electron chi connectivity index (χ3n) is 5.17. The van der Waals surface area contributed by atoms with Crippen molar-refractivity contribution in [2.75, 3.05) is 38.0 Å². The Morgan fingerprint density at radius 1 is 1.17 bits per heavy atom. The number of likely N-dealkylation sites (N-methyl/N-ethyl adjacent to an activating group) is 1. The fraction of sp³-hybridized carbons (Fsp3) is 0.722. The van der Waals surface area contributed by atoms with Crippen molar-refractivity contribution in [2.24, 2.45) is 0 Å². The van der Waals surface area contributed by atoms with Crippen molar-refractivity contribution >= 4 is 11.9 Å². The first kappa shape index (κ1) is 17.1. The number of anilines is 1. The summed E-state index contributed by atoms with van der Waals surface area (Å²) in [4.78, 5) is 25.8. The highest BCUT2D eigenvalue weighted by Crippen LogP contribution is 2.20. The summed E-state index contributed by atoms with van der Waals surface area (Å²) in [5.74, 6) is 0.622. The lowest BCUT2D eigenvalue weighted by Crippen LogP contribution is -2.48. The second-order valence-corrected chi connectivity index (χ2v) is 6.82. The van der Waals surface area contributed by atoms with Crippen LogP contribution in [0.2, 0.25) is 0 Å². The fourth-order valence-electron chi connectivity index (χ4n) is 3.58. The number of piperazine rings is 1. The molecular weight excluding hydrogens is 302 g/mol. The van der Waals surface area contributed by atoms with Gasteiger partial charge in [0, 0.05) is 38.4 Å². The molecule has 6 heteroatoms. The predicted molar refractivity (Wildman–Crippen MR) is 95.2 cm³/mol. The molecule has 0 atom stereocenters. The van der Waals surface area contributed by atoms with Crippen LogP contribution in [0.15, 0.2) is 12.3 Å². The highest BCUT2D eigenvalue weighted by atomic mass is 16.2. The van der Waals surface area contributed by atoms with Gasteiger partial charge in [0.05, 0.1) is 0 Å². The minimum atomic E-state index is 0.0251. The Labute approximate surface area is 144 Å². The minimum Gasteiger partial charge on any atom is -0.351 e. The predicted octanol–water partition coefficient (Wildman–Crippen LogP) is 2.39. The zero-order valence-corrected chi connectivity index (χ0v) is 14.7.